The number of halogens is 2. The van der Waals surface area contributed by atoms with Crippen molar-refractivity contribution in [1.82, 2.24) is 0 Å². The summed E-state index contributed by atoms with van der Waals surface area (Å²) in [4.78, 5) is 0. The molecule has 0 unspecified atom stereocenters. The van der Waals surface area contributed by atoms with Crippen LogP contribution >= 0.6 is 0 Å². The van der Waals surface area contributed by atoms with Crippen LogP contribution in [0.25, 0.3) is 54.3 Å². The molecule has 0 bridgehead atoms. The first-order valence-corrected chi connectivity index (χ1v) is 8.24. The smallest absolute Gasteiger partial charge is 0.278 e. The Balaban J connectivity index is 1.81. The van der Waals surface area contributed by atoms with E-state index in [-0.39, 0.29) is 0 Å². The molecule has 2 nitrogen and oxygen atoms in total. The molecule has 124 valence electrons. The van der Waals surface area contributed by atoms with Crippen molar-refractivity contribution in [1.29, 1.82) is 0 Å². The first-order chi connectivity index (χ1) is 12.7. The van der Waals surface area contributed by atoms with Crippen molar-refractivity contribution in [2.24, 2.45) is 0 Å². The molecule has 6 aromatic rings. The molecule has 6 rings (SSSR count). The maximum atomic E-state index is 13.5. The molecule has 2 aromatic heterocycles. The van der Waals surface area contributed by atoms with Crippen molar-refractivity contribution in [3.8, 4) is 0 Å². The van der Waals surface area contributed by atoms with Gasteiger partial charge in [0.1, 0.15) is 11.2 Å². The fourth-order valence-electron chi connectivity index (χ4n) is 4.02. The molecule has 2 heterocycles. The molecule has 0 amide bonds. The molecule has 0 spiro atoms. The van der Waals surface area contributed by atoms with Crippen LogP contribution in [-0.4, -0.2) is 0 Å². The molecule has 26 heavy (non-hydrogen) atoms. The lowest BCUT2D eigenvalue weighted by molar-refractivity contribution is 0.380. The molecule has 0 saturated heterocycles. The third kappa shape index (κ3) is 1.68. The Hall–Kier alpha value is -3.40. The van der Waals surface area contributed by atoms with Gasteiger partial charge in [-0.1, -0.05) is 36.4 Å². The fourth-order valence-corrected chi connectivity index (χ4v) is 4.02. The number of benzene rings is 4. The van der Waals surface area contributed by atoms with Gasteiger partial charge >= 0.3 is 0 Å². The normalized spacial score (nSPS) is 12.2. The maximum absolute atomic E-state index is 13.5. The minimum atomic E-state index is -0.588. The molecule has 0 fully saturated rings. The minimum absolute atomic E-state index is 0.533. The zero-order valence-corrected chi connectivity index (χ0v) is 13.3. The van der Waals surface area contributed by atoms with E-state index in [1.807, 2.05) is 36.4 Å². The molecule has 0 aliphatic heterocycles. The van der Waals surface area contributed by atoms with Gasteiger partial charge in [-0.25, -0.2) is 0 Å². The summed E-state index contributed by atoms with van der Waals surface area (Å²) in [6.07, 6.45) is 0. The predicted molar refractivity (Wildman–Crippen MR) is 98.4 cm³/mol. The molecule has 0 N–H and O–H groups in total. The molecule has 0 radical (unpaired) electrons. The summed E-state index contributed by atoms with van der Waals surface area (Å²) in [7, 11) is 0. The highest BCUT2D eigenvalue weighted by atomic mass is 19.1. The van der Waals surface area contributed by atoms with E-state index in [1.54, 1.807) is 12.1 Å². The van der Waals surface area contributed by atoms with Gasteiger partial charge in [0.2, 0.25) is 0 Å². The van der Waals surface area contributed by atoms with Gasteiger partial charge in [0.15, 0.2) is 0 Å². The van der Waals surface area contributed by atoms with Crippen molar-refractivity contribution < 1.29 is 17.6 Å². The Labute approximate surface area is 145 Å². The van der Waals surface area contributed by atoms with Gasteiger partial charge in [0.05, 0.1) is 0 Å². The summed E-state index contributed by atoms with van der Waals surface area (Å²) in [6.45, 7) is 0. The van der Waals surface area contributed by atoms with E-state index in [2.05, 4.69) is 0 Å². The van der Waals surface area contributed by atoms with Crippen LogP contribution in [-0.2, 0) is 0 Å². The monoisotopic (exact) mass is 344 g/mol. The Kier molecular flexibility index (Phi) is 2.45. The molecule has 4 heteroatoms. The lowest BCUT2D eigenvalue weighted by Crippen LogP contribution is -1.82. The zero-order valence-electron chi connectivity index (χ0n) is 13.3. The molecule has 4 aromatic carbocycles. The van der Waals surface area contributed by atoms with Gasteiger partial charge < -0.3 is 8.83 Å². The van der Waals surface area contributed by atoms with Crippen LogP contribution in [0.15, 0.2) is 69.5 Å². The third-order valence-electron chi connectivity index (χ3n) is 5.13. The second-order valence-corrected chi connectivity index (χ2v) is 6.47. The highest BCUT2D eigenvalue weighted by Gasteiger charge is 2.13. The average molecular weight is 344 g/mol. The summed E-state index contributed by atoms with van der Waals surface area (Å²) in [5.74, 6) is 0. The van der Waals surface area contributed by atoms with Crippen LogP contribution in [0, 0.1) is 12.0 Å². The number of rotatable bonds is 0. The topological polar surface area (TPSA) is 26.3 Å². The Bertz CT molecular complexity index is 1390. The van der Waals surface area contributed by atoms with E-state index in [4.69, 9.17) is 8.83 Å². The van der Waals surface area contributed by atoms with Crippen molar-refractivity contribution in [3.63, 3.8) is 0 Å². The summed E-state index contributed by atoms with van der Waals surface area (Å²) in [5.41, 5.74) is 1.07. The van der Waals surface area contributed by atoms with Crippen LogP contribution in [0.1, 0.15) is 0 Å². The molecule has 0 aliphatic rings. The van der Waals surface area contributed by atoms with E-state index < -0.39 is 12.0 Å². The van der Waals surface area contributed by atoms with E-state index in [0.717, 1.165) is 43.1 Å². The van der Waals surface area contributed by atoms with Crippen molar-refractivity contribution in [2.75, 3.05) is 0 Å². The molecular formula is C22H10F2O2. The maximum Gasteiger partial charge on any atom is 0.278 e. The molecule has 0 atom stereocenters. The Morgan fingerprint density at radius 1 is 0.423 bits per heavy atom. The lowest BCUT2D eigenvalue weighted by Gasteiger charge is -2.08. The van der Waals surface area contributed by atoms with Gasteiger partial charge in [0.25, 0.3) is 12.0 Å². The van der Waals surface area contributed by atoms with Crippen molar-refractivity contribution in [2.45, 2.75) is 0 Å². The largest absolute Gasteiger partial charge is 0.431 e. The van der Waals surface area contributed by atoms with Crippen LogP contribution in [0.3, 0.4) is 0 Å². The van der Waals surface area contributed by atoms with Gasteiger partial charge in [-0.05, 0) is 44.5 Å². The van der Waals surface area contributed by atoms with E-state index >= 15 is 0 Å². The second kappa shape index (κ2) is 4.61. The van der Waals surface area contributed by atoms with Crippen LogP contribution in [0.5, 0.6) is 0 Å². The highest BCUT2D eigenvalue weighted by molar-refractivity contribution is 6.24. The van der Waals surface area contributed by atoms with Crippen molar-refractivity contribution in [3.05, 3.63) is 72.7 Å². The number of hydrogen-bond donors (Lipinski definition) is 0. The van der Waals surface area contributed by atoms with E-state index in [9.17, 15) is 8.78 Å². The quantitative estimate of drug-likeness (QED) is 0.280. The zero-order chi connectivity index (χ0) is 17.4. The van der Waals surface area contributed by atoms with Gasteiger partial charge in [-0.2, -0.15) is 8.78 Å². The first-order valence-electron chi connectivity index (χ1n) is 8.24. The summed E-state index contributed by atoms with van der Waals surface area (Å²) in [5, 5.41) is 7.56. The number of fused-ring (bicyclic) bond motifs is 9. The standard InChI is InChI=1S/C22H10F2O2/c23-21-9-17-15-3-1-11-12(14(15)6-8-19(17)25-21)2-4-16-13(11)5-7-20-18(16)10-22(24)26-20/h1-10H. The van der Waals surface area contributed by atoms with E-state index in [0.29, 0.717) is 11.2 Å². The SMILES string of the molecule is Fc1cc2c(ccc3c2ccc2c4ccc5oc(F)cc5c4ccc32)o1. The van der Waals surface area contributed by atoms with E-state index in [1.165, 1.54) is 12.1 Å². The summed E-state index contributed by atoms with van der Waals surface area (Å²) < 4.78 is 37.2. The van der Waals surface area contributed by atoms with Gasteiger partial charge in [0, 0.05) is 22.9 Å². The van der Waals surface area contributed by atoms with Gasteiger partial charge in [-0.15, -0.1) is 0 Å². The Morgan fingerprint density at radius 2 is 0.731 bits per heavy atom. The third-order valence-corrected chi connectivity index (χ3v) is 5.13. The number of hydrogen-bond acceptors (Lipinski definition) is 2. The summed E-state index contributed by atoms with van der Waals surface area (Å²) >= 11 is 0. The first kappa shape index (κ1) is 13.8. The number of furan rings is 2. The van der Waals surface area contributed by atoms with Gasteiger partial charge in [-0.3, -0.25) is 0 Å². The highest BCUT2D eigenvalue weighted by Crippen LogP contribution is 2.37. The molecule has 0 saturated carbocycles. The van der Waals surface area contributed by atoms with Crippen LogP contribution in [0.4, 0.5) is 8.78 Å². The van der Waals surface area contributed by atoms with Crippen LogP contribution < -0.4 is 0 Å². The fraction of sp³-hybridized carbons (Fsp3) is 0. The molecular weight excluding hydrogens is 334 g/mol. The lowest BCUT2D eigenvalue weighted by atomic mass is 9.95. The predicted octanol–water partition coefficient (Wildman–Crippen LogP) is 6.92. The average Bonchev–Trinajstić information content (AvgIpc) is 3.21. The van der Waals surface area contributed by atoms with Crippen molar-refractivity contribution >= 4 is 54.3 Å². The minimum Gasteiger partial charge on any atom is -0.431 e. The van der Waals surface area contributed by atoms with Crippen LogP contribution in [0.2, 0.25) is 0 Å². The summed E-state index contributed by atoms with van der Waals surface area (Å²) in [6, 6.07) is 17.1. The molecule has 0 aliphatic carbocycles. The Morgan fingerprint density at radius 3 is 1.12 bits per heavy atom. The second-order valence-electron chi connectivity index (χ2n) is 6.47.